The number of aliphatic hydroxyl groups is 1. The molecule has 3 heterocycles. The molecule has 0 unspecified atom stereocenters. The minimum atomic E-state index is -0.528. The van der Waals surface area contributed by atoms with Crippen molar-refractivity contribution in [3.63, 3.8) is 0 Å². The zero-order chi connectivity index (χ0) is 26.7. The topological polar surface area (TPSA) is 101 Å². The molecule has 1 aromatic heterocycles. The molecule has 8 rings (SSSR count). The van der Waals surface area contributed by atoms with Crippen molar-refractivity contribution in [3.8, 4) is 11.1 Å². The number of piperidine rings is 1. The standard InChI is InChI=1S/C32H42N4O3/c33-28-26(29(37)35-31-7-10-32(38,11-8-31)12-9-31)19-24(21-34-28)23-2-1-22-3-6-30(27(22)20-23)13-15-36(16-14-30)25-4-17-39-18-5-25/h1-2,19-21,25,38H,3-18H2,(H2,33,34)(H,35,37). The van der Waals surface area contributed by atoms with Gasteiger partial charge in [-0.2, -0.15) is 0 Å². The molecule has 1 aromatic carbocycles. The van der Waals surface area contributed by atoms with Crippen molar-refractivity contribution in [1.82, 2.24) is 15.2 Å². The molecule has 2 bridgehead atoms. The van der Waals surface area contributed by atoms with Crippen molar-refractivity contribution in [2.24, 2.45) is 0 Å². The highest BCUT2D eigenvalue weighted by Gasteiger charge is 2.48. The van der Waals surface area contributed by atoms with Crippen LogP contribution in [0.15, 0.2) is 30.5 Å². The first-order chi connectivity index (χ1) is 18.9. The number of hydrogen-bond acceptors (Lipinski definition) is 6. The minimum absolute atomic E-state index is 0.146. The van der Waals surface area contributed by atoms with E-state index in [-0.39, 0.29) is 22.7 Å². The summed E-state index contributed by atoms with van der Waals surface area (Å²) >= 11 is 0. The summed E-state index contributed by atoms with van der Waals surface area (Å²) in [5.74, 6) is 0.126. The third-order valence-electron chi connectivity index (χ3n) is 11.1. The van der Waals surface area contributed by atoms with Crippen LogP contribution in [0.3, 0.4) is 0 Å². The van der Waals surface area contributed by atoms with Crippen LogP contribution in [0.4, 0.5) is 5.82 Å². The molecule has 0 radical (unpaired) electrons. The van der Waals surface area contributed by atoms with Gasteiger partial charge in [0.2, 0.25) is 0 Å². The Morgan fingerprint density at radius 2 is 1.69 bits per heavy atom. The van der Waals surface area contributed by atoms with Gasteiger partial charge in [-0.3, -0.25) is 4.79 Å². The molecule has 1 spiro atoms. The Labute approximate surface area is 231 Å². The first-order valence-electron chi connectivity index (χ1n) is 15.1. The second-order valence-corrected chi connectivity index (χ2v) is 13.1. The van der Waals surface area contributed by atoms with E-state index in [9.17, 15) is 9.90 Å². The van der Waals surface area contributed by atoms with E-state index >= 15 is 0 Å². The number of nitrogens with two attached hydrogens (primary N) is 1. The number of nitrogen functional groups attached to an aromatic ring is 1. The Morgan fingerprint density at radius 3 is 2.41 bits per heavy atom. The molecule has 4 aliphatic carbocycles. The summed E-state index contributed by atoms with van der Waals surface area (Å²) < 4.78 is 5.60. The number of anilines is 1. The third kappa shape index (κ3) is 4.56. The van der Waals surface area contributed by atoms with Gasteiger partial charge in [0.25, 0.3) is 5.91 Å². The number of fused-ring (bicyclic) bond motifs is 5. The van der Waals surface area contributed by atoms with Gasteiger partial charge < -0.3 is 25.8 Å². The fourth-order valence-electron chi connectivity index (χ4n) is 8.34. The number of benzene rings is 1. The summed E-state index contributed by atoms with van der Waals surface area (Å²) in [6, 6.07) is 9.47. The Kier molecular flexibility index (Phi) is 6.25. The van der Waals surface area contributed by atoms with E-state index in [2.05, 4.69) is 33.4 Å². The minimum Gasteiger partial charge on any atom is -0.390 e. The molecule has 208 valence electrons. The largest absolute Gasteiger partial charge is 0.390 e. The number of ether oxygens (including phenoxy) is 1. The maximum Gasteiger partial charge on any atom is 0.255 e. The van der Waals surface area contributed by atoms with Gasteiger partial charge in [0.15, 0.2) is 0 Å². The van der Waals surface area contributed by atoms with Crippen molar-refractivity contribution < 1.29 is 14.6 Å². The summed E-state index contributed by atoms with van der Waals surface area (Å²) in [6.45, 7) is 4.14. The van der Waals surface area contributed by atoms with Crippen LogP contribution in [0, 0.1) is 0 Å². The number of nitrogens with zero attached hydrogens (tertiary/aromatic N) is 2. The number of nitrogens with one attached hydrogen (secondary N) is 1. The van der Waals surface area contributed by atoms with E-state index in [1.54, 1.807) is 0 Å². The van der Waals surface area contributed by atoms with Crippen LogP contribution in [-0.2, 0) is 16.6 Å². The molecule has 5 fully saturated rings. The fourth-order valence-corrected chi connectivity index (χ4v) is 8.34. The molecule has 1 amide bonds. The molecule has 39 heavy (non-hydrogen) atoms. The first-order valence-corrected chi connectivity index (χ1v) is 15.1. The molecule has 2 aromatic rings. The van der Waals surface area contributed by atoms with Crippen molar-refractivity contribution >= 4 is 11.7 Å². The number of likely N-dealkylation sites (tertiary alicyclic amines) is 1. The lowest BCUT2D eigenvalue weighted by molar-refractivity contribution is -0.0702. The number of amides is 1. The quantitative estimate of drug-likeness (QED) is 0.543. The van der Waals surface area contributed by atoms with E-state index in [4.69, 9.17) is 10.5 Å². The summed E-state index contributed by atoms with van der Waals surface area (Å²) in [7, 11) is 0. The number of hydrogen-bond donors (Lipinski definition) is 3. The van der Waals surface area contributed by atoms with Crippen LogP contribution in [0.5, 0.6) is 0 Å². The van der Waals surface area contributed by atoms with Crippen LogP contribution in [0.25, 0.3) is 11.1 Å². The second kappa shape index (κ2) is 9.57. The highest BCUT2D eigenvalue weighted by Crippen LogP contribution is 2.49. The Hall–Kier alpha value is -2.48. The van der Waals surface area contributed by atoms with E-state index in [0.29, 0.717) is 11.6 Å². The highest BCUT2D eigenvalue weighted by atomic mass is 16.5. The van der Waals surface area contributed by atoms with Gasteiger partial charge in [0, 0.05) is 36.6 Å². The Bertz CT molecular complexity index is 1240. The van der Waals surface area contributed by atoms with E-state index in [0.717, 1.165) is 82.1 Å². The van der Waals surface area contributed by atoms with Gasteiger partial charge in [0.05, 0.1) is 11.2 Å². The number of pyridine rings is 1. The van der Waals surface area contributed by atoms with E-state index in [1.165, 1.54) is 43.5 Å². The van der Waals surface area contributed by atoms with Gasteiger partial charge in [-0.1, -0.05) is 18.2 Å². The molecule has 0 atom stereocenters. The van der Waals surface area contributed by atoms with Crippen LogP contribution in [0.1, 0.15) is 92.1 Å². The average Bonchev–Trinajstić information content (AvgIpc) is 3.32. The average molecular weight is 531 g/mol. The monoisotopic (exact) mass is 530 g/mol. The third-order valence-corrected chi connectivity index (χ3v) is 11.1. The summed E-state index contributed by atoms with van der Waals surface area (Å²) in [5, 5.41) is 13.9. The predicted molar refractivity (Wildman–Crippen MR) is 152 cm³/mol. The number of rotatable bonds is 4. The van der Waals surface area contributed by atoms with E-state index in [1.807, 2.05) is 12.3 Å². The number of carbonyl (C=O) groups excluding carboxylic acids is 1. The molecular weight excluding hydrogens is 488 g/mol. The predicted octanol–water partition coefficient (Wildman–Crippen LogP) is 4.36. The molecular formula is C32H42N4O3. The Morgan fingerprint density at radius 1 is 0.974 bits per heavy atom. The van der Waals surface area contributed by atoms with Crippen molar-refractivity contribution in [1.29, 1.82) is 0 Å². The zero-order valence-electron chi connectivity index (χ0n) is 23.0. The number of aromatic nitrogens is 1. The van der Waals surface area contributed by atoms with Gasteiger partial charge in [-0.15, -0.1) is 0 Å². The van der Waals surface area contributed by atoms with Gasteiger partial charge >= 0.3 is 0 Å². The highest BCUT2D eigenvalue weighted by molar-refractivity contribution is 6.00. The molecule has 4 N–H and O–H groups in total. The zero-order valence-corrected chi connectivity index (χ0v) is 23.0. The normalized spacial score (nSPS) is 30.4. The fraction of sp³-hybridized carbons (Fsp3) is 0.625. The summed E-state index contributed by atoms with van der Waals surface area (Å²) in [6.07, 6.45) is 13.7. The second-order valence-electron chi connectivity index (χ2n) is 13.1. The summed E-state index contributed by atoms with van der Waals surface area (Å²) in [5.41, 5.74) is 11.2. The van der Waals surface area contributed by atoms with Crippen molar-refractivity contribution in [3.05, 3.63) is 47.2 Å². The number of aryl methyl sites for hydroxylation is 1. The maximum absolute atomic E-state index is 13.5. The smallest absolute Gasteiger partial charge is 0.255 e. The molecule has 2 saturated heterocycles. The number of carbonyl (C=O) groups is 1. The lowest BCUT2D eigenvalue weighted by Gasteiger charge is -2.51. The molecule has 7 nitrogen and oxygen atoms in total. The van der Waals surface area contributed by atoms with Gasteiger partial charge in [0.1, 0.15) is 5.82 Å². The lowest BCUT2D eigenvalue weighted by Crippen LogP contribution is -2.58. The van der Waals surface area contributed by atoms with Gasteiger partial charge in [-0.25, -0.2) is 4.98 Å². The van der Waals surface area contributed by atoms with Crippen LogP contribution < -0.4 is 11.1 Å². The Balaban J connectivity index is 1.10. The molecule has 6 aliphatic rings. The van der Waals surface area contributed by atoms with Gasteiger partial charge in [-0.05, 0) is 118 Å². The SMILES string of the molecule is Nc1ncc(-c2ccc3c(c2)C2(CC3)CCN(C3CCOCC3)CC2)cc1C(=O)NC12CCC(O)(CC1)CC2. The van der Waals surface area contributed by atoms with E-state index < -0.39 is 5.60 Å². The summed E-state index contributed by atoms with van der Waals surface area (Å²) in [4.78, 5) is 20.6. The van der Waals surface area contributed by atoms with Crippen LogP contribution in [0.2, 0.25) is 0 Å². The van der Waals surface area contributed by atoms with Crippen LogP contribution in [-0.4, -0.2) is 64.4 Å². The lowest BCUT2D eigenvalue weighted by atomic mass is 9.63. The first kappa shape index (κ1) is 25.5. The molecule has 3 saturated carbocycles. The maximum atomic E-state index is 13.5. The van der Waals surface area contributed by atoms with Crippen LogP contribution >= 0.6 is 0 Å². The molecule has 7 heteroatoms. The van der Waals surface area contributed by atoms with Crippen molar-refractivity contribution in [2.75, 3.05) is 32.0 Å². The van der Waals surface area contributed by atoms with Crippen molar-refractivity contribution in [2.45, 2.75) is 99.6 Å². The molecule has 2 aliphatic heterocycles.